The van der Waals surface area contributed by atoms with E-state index in [0.29, 0.717) is 11.4 Å². The lowest BCUT2D eigenvalue weighted by Gasteiger charge is -1.98. The average molecular weight is 194 g/mol. The number of methoxy groups -OCH3 is 1. The van der Waals surface area contributed by atoms with E-state index in [1.165, 1.54) is 6.21 Å². The summed E-state index contributed by atoms with van der Waals surface area (Å²) in [5.74, 6) is 0.667. The molecule has 1 rings (SSSR count). The van der Waals surface area contributed by atoms with E-state index in [1.807, 2.05) is 0 Å². The molecule has 0 bridgehead atoms. The molecule has 1 heterocycles. The summed E-state index contributed by atoms with van der Waals surface area (Å²) < 4.78 is 4.97. The van der Waals surface area contributed by atoms with E-state index in [9.17, 15) is 4.79 Å². The SMILES string of the molecule is COc1ccnc(/C=N/NC(N)=O)c1. The third-order valence-corrected chi connectivity index (χ3v) is 1.36. The van der Waals surface area contributed by atoms with Gasteiger partial charge in [-0.3, -0.25) is 4.98 Å². The van der Waals surface area contributed by atoms with Gasteiger partial charge in [0, 0.05) is 12.3 Å². The van der Waals surface area contributed by atoms with Crippen molar-refractivity contribution >= 4 is 12.2 Å². The zero-order valence-electron chi connectivity index (χ0n) is 7.60. The third-order valence-electron chi connectivity index (χ3n) is 1.36. The van der Waals surface area contributed by atoms with Gasteiger partial charge in [0.05, 0.1) is 19.0 Å². The molecule has 0 fully saturated rings. The molecule has 6 heteroatoms. The van der Waals surface area contributed by atoms with Crippen LogP contribution in [0.4, 0.5) is 4.79 Å². The van der Waals surface area contributed by atoms with Crippen molar-refractivity contribution in [2.45, 2.75) is 0 Å². The summed E-state index contributed by atoms with van der Waals surface area (Å²) in [5.41, 5.74) is 7.43. The summed E-state index contributed by atoms with van der Waals surface area (Å²) in [5, 5.41) is 3.55. The number of ether oxygens (including phenoxy) is 1. The van der Waals surface area contributed by atoms with Gasteiger partial charge >= 0.3 is 6.03 Å². The molecule has 0 aliphatic rings. The number of pyridine rings is 1. The monoisotopic (exact) mass is 194 g/mol. The number of carbonyl (C=O) groups excluding carboxylic acids is 1. The van der Waals surface area contributed by atoms with Crippen LogP contribution in [0.3, 0.4) is 0 Å². The van der Waals surface area contributed by atoms with Crippen LogP contribution in [0.15, 0.2) is 23.4 Å². The van der Waals surface area contributed by atoms with Gasteiger partial charge in [-0.2, -0.15) is 5.10 Å². The Balaban J connectivity index is 2.66. The highest BCUT2D eigenvalue weighted by Gasteiger charge is 1.93. The molecule has 0 aromatic carbocycles. The van der Waals surface area contributed by atoms with Crippen LogP contribution in [0.2, 0.25) is 0 Å². The second kappa shape index (κ2) is 4.80. The van der Waals surface area contributed by atoms with E-state index in [-0.39, 0.29) is 0 Å². The average Bonchev–Trinajstić information content (AvgIpc) is 2.18. The number of amides is 2. The van der Waals surface area contributed by atoms with E-state index in [2.05, 4.69) is 15.5 Å². The second-order valence-electron chi connectivity index (χ2n) is 2.35. The summed E-state index contributed by atoms with van der Waals surface area (Å²) in [6, 6.07) is 2.66. The quantitative estimate of drug-likeness (QED) is 0.528. The van der Waals surface area contributed by atoms with Gasteiger partial charge in [0.25, 0.3) is 0 Å². The Morgan fingerprint density at radius 1 is 1.79 bits per heavy atom. The Kier molecular flexibility index (Phi) is 3.42. The fraction of sp³-hybridized carbons (Fsp3) is 0.125. The third kappa shape index (κ3) is 3.10. The minimum absolute atomic E-state index is 0.568. The van der Waals surface area contributed by atoms with Crippen LogP contribution < -0.4 is 15.9 Å². The maximum Gasteiger partial charge on any atom is 0.332 e. The van der Waals surface area contributed by atoms with Gasteiger partial charge in [0.2, 0.25) is 0 Å². The Bertz CT molecular complexity index is 351. The maximum absolute atomic E-state index is 10.3. The molecule has 6 nitrogen and oxygen atoms in total. The van der Waals surface area contributed by atoms with E-state index >= 15 is 0 Å². The van der Waals surface area contributed by atoms with Crippen molar-refractivity contribution in [3.8, 4) is 5.75 Å². The van der Waals surface area contributed by atoms with Crippen LogP contribution >= 0.6 is 0 Å². The van der Waals surface area contributed by atoms with Gasteiger partial charge in [0.1, 0.15) is 5.75 Å². The number of aromatic nitrogens is 1. The largest absolute Gasteiger partial charge is 0.497 e. The summed E-state index contributed by atoms with van der Waals surface area (Å²) in [7, 11) is 1.55. The first-order valence-corrected chi connectivity index (χ1v) is 3.81. The molecule has 3 N–H and O–H groups in total. The Labute approximate surface area is 80.8 Å². The predicted octanol–water partition coefficient (Wildman–Crippen LogP) is 0.0924. The Hall–Kier alpha value is -2.11. The van der Waals surface area contributed by atoms with Gasteiger partial charge in [-0.1, -0.05) is 0 Å². The van der Waals surface area contributed by atoms with Crippen LogP contribution in [-0.2, 0) is 0 Å². The summed E-state index contributed by atoms with van der Waals surface area (Å²) in [6.07, 6.45) is 2.94. The summed E-state index contributed by atoms with van der Waals surface area (Å²) in [4.78, 5) is 14.2. The number of hydrazone groups is 1. The van der Waals surface area contributed by atoms with Crippen LogP contribution in [0.5, 0.6) is 5.75 Å². The fourth-order valence-corrected chi connectivity index (χ4v) is 0.788. The van der Waals surface area contributed by atoms with Crippen molar-refractivity contribution in [1.29, 1.82) is 0 Å². The first-order chi connectivity index (χ1) is 6.72. The lowest BCUT2D eigenvalue weighted by Crippen LogP contribution is -2.24. The van der Waals surface area contributed by atoms with Crippen molar-refractivity contribution in [1.82, 2.24) is 10.4 Å². The van der Waals surface area contributed by atoms with Crippen LogP contribution in [0, 0.1) is 0 Å². The molecule has 0 unspecified atom stereocenters. The highest BCUT2D eigenvalue weighted by molar-refractivity contribution is 5.79. The minimum atomic E-state index is -0.718. The van der Waals surface area contributed by atoms with Gasteiger partial charge in [-0.25, -0.2) is 10.2 Å². The van der Waals surface area contributed by atoms with Crippen LogP contribution in [-0.4, -0.2) is 24.3 Å². The number of hydrogen-bond donors (Lipinski definition) is 2. The minimum Gasteiger partial charge on any atom is -0.497 e. The number of nitrogens with two attached hydrogens (primary N) is 1. The highest BCUT2D eigenvalue weighted by atomic mass is 16.5. The molecule has 0 aliphatic carbocycles. The molecule has 0 aliphatic heterocycles. The number of rotatable bonds is 3. The standard InChI is InChI=1S/C8H10N4O2/c1-14-7-2-3-10-6(4-7)5-11-12-8(9)13/h2-5H,1H3,(H3,9,12,13)/b11-5+. The van der Waals surface area contributed by atoms with Crippen molar-refractivity contribution < 1.29 is 9.53 Å². The second-order valence-corrected chi connectivity index (χ2v) is 2.35. The molecular formula is C8H10N4O2. The number of nitrogens with zero attached hydrogens (tertiary/aromatic N) is 2. The number of nitrogens with one attached hydrogen (secondary N) is 1. The number of hydrogen-bond acceptors (Lipinski definition) is 4. The lowest BCUT2D eigenvalue weighted by molar-refractivity contribution is 0.249. The summed E-state index contributed by atoms with van der Waals surface area (Å²) in [6.45, 7) is 0. The lowest BCUT2D eigenvalue weighted by atomic mass is 10.3. The topological polar surface area (TPSA) is 89.6 Å². The van der Waals surface area contributed by atoms with Crippen molar-refractivity contribution in [3.63, 3.8) is 0 Å². The molecule has 2 amide bonds. The Morgan fingerprint density at radius 2 is 2.57 bits per heavy atom. The van der Waals surface area contributed by atoms with Gasteiger partial charge in [-0.15, -0.1) is 0 Å². The van der Waals surface area contributed by atoms with Crippen LogP contribution in [0.1, 0.15) is 5.69 Å². The molecule has 1 aromatic heterocycles. The van der Waals surface area contributed by atoms with Crippen molar-refractivity contribution in [3.05, 3.63) is 24.0 Å². The fourth-order valence-electron chi connectivity index (χ4n) is 0.788. The molecule has 0 saturated carbocycles. The zero-order chi connectivity index (χ0) is 10.4. The highest BCUT2D eigenvalue weighted by Crippen LogP contribution is 2.07. The first-order valence-electron chi connectivity index (χ1n) is 3.81. The molecule has 74 valence electrons. The van der Waals surface area contributed by atoms with Crippen molar-refractivity contribution in [2.24, 2.45) is 10.8 Å². The van der Waals surface area contributed by atoms with Gasteiger partial charge in [-0.05, 0) is 6.07 Å². The summed E-state index contributed by atoms with van der Waals surface area (Å²) >= 11 is 0. The smallest absolute Gasteiger partial charge is 0.332 e. The molecule has 1 aromatic rings. The Morgan fingerprint density at radius 3 is 3.21 bits per heavy atom. The van der Waals surface area contributed by atoms with E-state index in [4.69, 9.17) is 10.5 Å². The van der Waals surface area contributed by atoms with E-state index in [0.717, 1.165) is 0 Å². The molecule has 0 spiro atoms. The predicted molar refractivity (Wildman–Crippen MR) is 51.1 cm³/mol. The normalized spacial score (nSPS) is 10.1. The van der Waals surface area contributed by atoms with Gasteiger partial charge < -0.3 is 10.5 Å². The molecule has 0 atom stereocenters. The maximum atomic E-state index is 10.3. The molecule has 14 heavy (non-hydrogen) atoms. The van der Waals surface area contributed by atoms with Gasteiger partial charge in [0.15, 0.2) is 0 Å². The first kappa shape index (κ1) is 9.97. The molecule has 0 saturated heterocycles. The van der Waals surface area contributed by atoms with Crippen LogP contribution in [0.25, 0.3) is 0 Å². The number of carbonyl (C=O) groups is 1. The van der Waals surface area contributed by atoms with E-state index in [1.54, 1.807) is 25.4 Å². The zero-order valence-corrected chi connectivity index (χ0v) is 7.60. The molecular weight excluding hydrogens is 184 g/mol. The number of urea groups is 1. The molecule has 0 radical (unpaired) electrons. The number of primary amides is 1. The van der Waals surface area contributed by atoms with Crippen molar-refractivity contribution in [2.75, 3.05) is 7.11 Å². The van der Waals surface area contributed by atoms with E-state index < -0.39 is 6.03 Å².